The lowest BCUT2D eigenvalue weighted by Gasteiger charge is -2.16. The quantitative estimate of drug-likeness (QED) is 0.629. The fourth-order valence-electron chi connectivity index (χ4n) is 2.21. The SMILES string of the molecule is N#CC(C(=O)/C=C/c1ccc(F)cc1)C(=O)N1CCCC1. The van der Waals surface area contributed by atoms with Crippen LogP contribution in [0.4, 0.5) is 4.39 Å². The molecule has 0 saturated carbocycles. The summed E-state index contributed by atoms with van der Waals surface area (Å²) in [5.74, 6) is -2.63. The molecular weight excluding hydrogens is 271 g/mol. The number of ketones is 1. The molecule has 1 aliphatic rings. The van der Waals surface area contributed by atoms with Gasteiger partial charge in [0.05, 0.1) is 6.07 Å². The van der Waals surface area contributed by atoms with Gasteiger partial charge in [0.15, 0.2) is 11.7 Å². The maximum absolute atomic E-state index is 12.8. The van der Waals surface area contributed by atoms with Crippen LogP contribution in [0.5, 0.6) is 0 Å². The van der Waals surface area contributed by atoms with Gasteiger partial charge >= 0.3 is 0 Å². The van der Waals surface area contributed by atoms with E-state index in [4.69, 9.17) is 5.26 Å². The highest BCUT2D eigenvalue weighted by Gasteiger charge is 2.30. The van der Waals surface area contributed by atoms with E-state index in [0.717, 1.165) is 12.8 Å². The summed E-state index contributed by atoms with van der Waals surface area (Å²) >= 11 is 0. The number of carbonyl (C=O) groups is 2. The van der Waals surface area contributed by atoms with Crippen molar-refractivity contribution in [3.63, 3.8) is 0 Å². The Labute approximate surface area is 122 Å². The van der Waals surface area contributed by atoms with E-state index < -0.39 is 17.6 Å². The molecule has 0 radical (unpaired) electrons. The van der Waals surface area contributed by atoms with Gasteiger partial charge in [-0.15, -0.1) is 0 Å². The van der Waals surface area contributed by atoms with Crippen LogP contribution < -0.4 is 0 Å². The number of nitrogens with zero attached hydrogens (tertiary/aromatic N) is 2. The zero-order valence-corrected chi connectivity index (χ0v) is 11.5. The van der Waals surface area contributed by atoms with Crippen LogP contribution in [0.1, 0.15) is 18.4 Å². The van der Waals surface area contributed by atoms with Gasteiger partial charge in [0.1, 0.15) is 5.82 Å². The number of allylic oxidation sites excluding steroid dienone is 1. The van der Waals surface area contributed by atoms with Gasteiger partial charge in [0, 0.05) is 13.1 Å². The smallest absolute Gasteiger partial charge is 0.247 e. The molecule has 4 nitrogen and oxygen atoms in total. The molecule has 0 aromatic heterocycles. The first-order valence-corrected chi connectivity index (χ1v) is 6.77. The van der Waals surface area contributed by atoms with Crippen molar-refractivity contribution in [3.8, 4) is 6.07 Å². The van der Waals surface area contributed by atoms with Crippen LogP contribution in [-0.4, -0.2) is 29.7 Å². The Balaban J connectivity index is 2.04. The molecule has 0 N–H and O–H groups in total. The van der Waals surface area contributed by atoms with Crippen molar-refractivity contribution < 1.29 is 14.0 Å². The van der Waals surface area contributed by atoms with Crippen molar-refractivity contribution in [2.45, 2.75) is 12.8 Å². The van der Waals surface area contributed by atoms with Crippen LogP contribution in [0.3, 0.4) is 0 Å². The first-order valence-electron chi connectivity index (χ1n) is 6.77. The summed E-state index contributed by atoms with van der Waals surface area (Å²) in [4.78, 5) is 25.6. The fourth-order valence-corrected chi connectivity index (χ4v) is 2.21. The molecule has 21 heavy (non-hydrogen) atoms. The Morgan fingerprint density at radius 1 is 1.24 bits per heavy atom. The molecule has 1 amide bonds. The molecule has 1 aromatic rings. The van der Waals surface area contributed by atoms with Gasteiger partial charge in [-0.25, -0.2) is 4.39 Å². The minimum absolute atomic E-state index is 0.363. The zero-order valence-electron chi connectivity index (χ0n) is 11.5. The van der Waals surface area contributed by atoms with Gasteiger partial charge < -0.3 is 4.90 Å². The number of hydrogen-bond donors (Lipinski definition) is 0. The number of amides is 1. The molecule has 0 spiro atoms. The lowest BCUT2D eigenvalue weighted by atomic mass is 10.0. The van der Waals surface area contributed by atoms with Crippen molar-refractivity contribution in [2.75, 3.05) is 13.1 Å². The largest absolute Gasteiger partial charge is 0.341 e. The van der Waals surface area contributed by atoms with Crippen molar-refractivity contribution in [1.82, 2.24) is 4.90 Å². The number of carbonyl (C=O) groups excluding carboxylic acids is 2. The van der Waals surface area contributed by atoms with E-state index in [1.54, 1.807) is 11.0 Å². The molecule has 1 heterocycles. The number of rotatable bonds is 4. The first kappa shape index (κ1) is 14.9. The second-order valence-corrected chi connectivity index (χ2v) is 4.88. The van der Waals surface area contributed by atoms with E-state index in [0.29, 0.717) is 18.7 Å². The molecule has 1 saturated heterocycles. The van der Waals surface area contributed by atoms with Gasteiger partial charge in [0.25, 0.3) is 0 Å². The highest BCUT2D eigenvalue weighted by molar-refractivity contribution is 6.10. The summed E-state index contributed by atoms with van der Waals surface area (Å²) in [7, 11) is 0. The van der Waals surface area contributed by atoms with Gasteiger partial charge in [0.2, 0.25) is 5.91 Å². The van der Waals surface area contributed by atoms with E-state index in [9.17, 15) is 14.0 Å². The van der Waals surface area contributed by atoms with E-state index in [2.05, 4.69) is 0 Å². The summed E-state index contributed by atoms with van der Waals surface area (Å²) in [5.41, 5.74) is 0.634. The van der Waals surface area contributed by atoms with Crippen LogP contribution >= 0.6 is 0 Å². The summed E-state index contributed by atoms with van der Waals surface area (Å²) in [6.07, 6.45) is 4.49. The van der Waals surface area contributed by atoms with Crippen LogP contribution in [-0.2, 0) is 9.59 Å². The van der Waals surface area contributed by atoms with Crippen molar-refractivity contribution in [2.24, 2.45) is 5.92 Å². The van der Waals surface area contributed by atoms with Crippen LogP contribution in [0, 0.1) is 23.1 Å². The predicted molar refractivity (Wildman–Crippen MR) is 75.4 cm³/mol. The van der Waals surface area contributed by atoms with Crippen molar-refractivity contribution in [3.05, 3.63) is 41.7 Å². The Hall–Kier alpha value is -2.48. The molecule has 1 fully saturated rings. The Morgan fingerprint density at radius 2 is 1.86 bits per heavy atom. The Kier molecular flexibility index (Phi) is 4.83. The average Bonchev–Trinajstić information content (AvgIpc) is 3.01. The minimum atomic E-state index is -1.29. The summed E-state index contributed by atoms with van der Waals surface area (Å²) in [6.45, 7) is 1.21. The second kappa shape index (κ2) is 6.80. The van der Waals surface area contributed by atoms with Crippen LogP contribution in [0.15, 0.2) is 30.3 Å². The molecular formula is C16H15FN2O2. The molecule has 1 aromatic carbocycles. The Morgan fingerprint density at radius 3 is 2.43 bits per heavy atom. The molecule has 1 aliphatic heterocycles. The normalized spacial score (nSPS) is 15.9. The third kappa shape index (κ3) is 3.76. The monoisotopic (exact) mass is 286 g/mol. The highest BCUT2D eigenvalue weighted by atomic mass is 19.1. The topological polar surface area (TPSA) is 61.2 Å². The average molecular weight is 286 g/mol. The number of hydrogen-bond acceptors (Lipinski definition) is 3. The third-order valence-electron chi connectivity index (χ3n) is 3.39. The fraction of sp³-hybridized carbons (Fsp3) is 0.312. The second-order valence-electron chi connectivity index (χ2n) is 4.88. The molecule has 0 aliphatic carbocycles. The molecule has 0 bridgehead atoms. The van der Waals surface area contributed by atoms with Crippen LogP contribution in [0.2, 0.25) is 0 Å². The van der Waals surface area contributed by atoms with E-state index >= 15 is 0 Å². The first-order chi connectivity index (χ1) is 10.1. The van der Waals surface area contributed by atoms with Gasteiger partial charge in [-0.3, -0.25) is 9.59 Å². The van der Waals surface area contributed by atoms with Crippen LogP contribution in [0.25, 0.3) is 6.08 Å². The number of halogens is 1. The maximum atomic E-state index is 12.8. The van der Waals surface area contributed by atoms with E-state index in [-0.39, 0.29) is 5.82 Å². The van der Waals surface area contributed by atoms with E-state index in [1.807, 2.05) is 0 Å². The maximum Gasteiger partial charge on any atom is 0.247 e. The molecule has 108 valence electrons. The minimum Gasteiger partial charge on any atom is -0.341 e. The molecule has 5 heteroatoms. The van der Waals surface area contributed by atoms with Crippen molar-refractivity contribution >= 4 is 17.8 Å². The number of likely N-dealkylation sites (tertiary alicyclic amines) is 1. The van der Waals surface area contributed by atoms with Gasteiger partial charge in [-0.2, -0.15) is 5.26 Å². The molecule has 1 atom stereocenters. The Bertz CT molecular complexity index is 596. The number of benzene rings is 1. The van der Waals surface area contributed by atoms with Crippen molar-refractivity contribution in [1.29, 1.82) is 5.26 Å². The number of nitriles is 1. The summed E-state index contributed by atoms with van der Waals surface area (Å²) in [5, 5.41) is 9.06. The van der Waals surface area contributed by atoms with Gasteiger partial charge in [-0.05, 0) is 36.6 Å². The highest BCUT2D eigenvalue weighted by Crippen LogP contribution is 2.13. The van der Waals surface area contributed by atoms with E-state index in [1.165, 1.54) is 36.4 Å². The molecule has 1 unspecified atom stereocenters. The predicted octanol–water partition coefficient (Wildman–Crippen LogP) is 2.17. The zero-order chi connectivity index (χ0) is 15.2. The lowest BCUT2D eigenvalue weighted by molar-refractivity contribution is -0.136. The third-order valence-corrected chi connectivity index (χ3v) is 3.39. The summed E-state index contributed by atoms with van der Waals surface area (Å²) in [6, 6.07) is 7.36. The lowest BCUT2D eigenvalue weighted by Crippen LogP contribution is -2.36. The standard InChI is InChI=1S/C16H15FN2O2/c17-13-6-3-12(4-7-13)5-8-15(20)14(11-18)16(21)19-9-1-2-10-19/h3-8,14H,1-2,9-10H2/b8-5+. The summed E-state index contributed by atoms with van der Waals surface area (Å²) < 4.78 is 12.8. The van der Waals surface area contributed by atoms with Gasteiger partial charge in [-0.1, -0.05) is 18.2 Å². The molecule has 2 rings (SSSR count).